The van der Waals surface area contributed by atoms with Crippen LogP contribution in [0, 0.1) is 5.92 Å². The monoisotopic (exact) mass is 268 g/mol. The summed E-state index contributed by atoms with van der Waals surface area (Å²) in [6, 6.07) is 0.781. The maximum atomic E-state index is 3.32. The van der Waals surface area contributed by atoms with Crippen molar-refractivity contribution in [3.63, 3.8) is 0 Å². The molecule has 2 N–H and O–H groups in total. The highest BCUT2D eigenvalue weighted by Gasteiger charge is 2.19. The van der Waals surface area contributed by atoms with E-state index in [0.717, 1.165) is 12.0 Å². The molecule has 2 nitrogen and oxygen atoms in total. The maximum absolute atomic E-state index is 3.32. The van der Waals surface area contributed by atoms with Crippen LogP contribution in [0.15, 0.2) is 0 Å². The van der Waals surface area contributed by atoms with Crippen molar-refractivity contribution in [3.05, 3.63) is 0 Å². The number of rotatable bonds is 3. The second-order valence-electron chi connectivity index (χ2n) is 3.38. The first-order valence-electron chi connectivity index (χ1n) is 4.37. The Kier molecular flexibility index (Phi) is 4.71. The third kappa shape index (κ3) is 3.25. The first-order valence-corrected chi connectivity index (χ1v) is 5.45. The normalized spacial score (nSPS) is 32.2. The molecular weight excluding hydrogens is 251 g/mol. The van der Waals surface area contributed by atoms with Gasteiger partial charge in [-0.1, -0.05) is 0 Å². The highest BCUT2D eigenvalue weighted by Crippen LogP contribution is 2.23. The number of hydrogen-bond acceptors (Lipinski definition) is 2. The van der Waals surface area contributed by atoms with Gasteiger partial charge in [0.05, 0.1) is 0 Å². The summed E-state index contributed by atoms with van der Waals surface area (Å²) >= 11 is 2.27. The van der Waals surface area contributed by atoms with Gasteiger partial charge < -0.3 is 5.32 Å². The standard InChI is InChI=1S/C8H17IN2/c1-10-6-7-2-4-8(11-9)5-3-7/h7-8,10-11H,2-6H2,1H3. The zero-order valence-corrected chi connectivity index (χ0v) is 9.23. The zero-order valence-electron chi connectivity index (χ0n) is 7.07. The molecule has 0 amide bonds. The minimum atomic E-state index is 0.781. The summed E-state index contributed by atoms with van der Waals surface area (Å²) in [6.07, 6.45) is 5.49. The van der Waals surface area contributed by atoms with Crippen LogP contribution < -0.4 is 8.85 Å². The molecule has 0 atom stereocenters. The second kappa shape index (κ2) is 5.32. The first-order chi connectivity index (χ1) is 5.36. The minimum absolute atomic E-state index is 0.781. The van der Waals surface area contributed by atoms with E-state index in [9.17, 15) is 0 Å². The molecule has 1 fully saturated rings. The minimum Gasteiger partial charge on any atom is -0.319 e. The fourth-order valence-electron chi connectivity index (χ4n) is 1.76. The predicted molar refractivity (Wildman–Crippen MR) is 56.8 cm³/mol. The van der Waals surface area contributed by atoms with Gasteiger partial charge in [0, 0.05) is 28.9 Å². The molecule has 0 aromatic heterocycles. The predicted octanol–water partition coefficient (Wildman–Crippen LogP) is 1.70. The lowest BCUT2D eigenvalue weighted by atomic mass is 9.86. The largest absolute Gasteiger partial charge is 0.319 e. The van der Waals surface area contributed by atoms with Gasteiger partial charge in [-0.2, -0.15) is 0 Å². The van der Waals surface area contributed by atoms with Crippen molar-refractivity contribution in [2.75, 3.05) is 13.6 Å². The topological polar surface area (TPSA) is 24.1 Å². The number of halogens is 1. The third-order valence-electron chi connectivity index (χ3n) is 2.49. The van der Waals surface area contributed by atoms with Crippen molar-refractivity contribution in [2.45, 2.75) is 31.7 Å². The summed E-state index contributed by atoms with van der Waals surface area (Å²) < 4.78 is 3.32. The van der Waals surface area contributed by atoms with Crippen LogP contribution in [-0.2, 0) is 0 Å². The fourth-order valence-corrected chi connectivity index (χ4v) is 2.39. The van der Waals surface area contributed by atoms with Crippen LogP contribution in [0.1, 0.15) is 25.7 Å². The average Bonchev–Trinajstić information content (AvgIpc) is 2.07. The van der Waals surface area contributed by atoms with Crippen molar-refractivity contribution in [1.82, 2.24) is 8.85 Å². The molecule has 1 aliphatic rings. The van der Waals surface area contributed by atoms with E-state index >= 15 is 0 Å². The SMILES string of the molecule is CNCC1CCC(NI)CC1. The molecule has 11 heavy (non-hydrogen) atoms. The molecule has 66 valence electrons. The molecule has 0 aromatic rings. The van der Waals surface area contributed by atoms with Gasteiger partial charge in [-0.25, -0.2) is 0 Å². The molecule has 1 saturated carbocycles. The molecule has 1 rings (SSSR count). The lowest BCUT2D eigenvalue weighted by Crippen LogP contribution is -2.30. The van der Waals surface area contributed by atoms with E-state index in [1.807, 2.05) is 7.05 Å². The van der Waals surface area contributed by atoms with Gasteiger partial charge in [0.2, 0.25) is 0 Å². The summed E-state index contributed by atoms with van der Waals surface area (Å²) in [5.74, 6) is 0.931. The summed E-state index contributed by atoms with van der Waals surface area (Å²) in [5, 5.41) is 3.25. The maximum Gasteiger partial charge on any atom is 0.0172 e. The van der Waals surface area contributed by atoms with E-state index in [-0.39, 0.29) is 0 Å². The molecule has 0 radical (unpaired) electrons. The van der Waals surface area contributed by atoms with E-state index in [4.69, 9.17) is 0 Å². The highest BCUT2D eigenvalue weighted by molar-refractivity contribution is 14.1. The molecule has 0 spiro atoms. The Morgan fingerprint density at radius 1 is 1.27 bits per heavy atom. The molecular formula is C8H17IN2. The van der Waals surface area contributed by atoms with Gasteiger partial charge in [-0.3, -0.25) is 3.53 Å². The average molecular weight is 268 g/mol. The molecule has 0 aliphatic heterocycles. The van der Waals surface area contributed by atoms with Gasteiger partial charge in [-0.15, -0.1) is 0 Å². The molecule has 0 heterocycles. The summed E-state index contributed by atoms with van der Waals surface area (Å²) in [6.45, 7) is 1.20. The third-order valence-corrected chi connectivity index (χ3v) is 3.37. The Morgan fingerprint density at radius 3 is 2.36 bits per heavy atom. The van der Waals surface area contributed by atoms with E-state index < -0.39 is 0 Å². The van der Waals surface area contributed by atoms with Crippen LogP contribution in [0.3, 0.4) is 0 Å². The van der Waals surface area contributed by atoms with Crippen LogP contribution >= 0.6 is 22.9 Å². The summed E-state index contributed by atoms with van der Waals surface area (Å²) in [5.41, 5.74) is 0. The van der Waals surface area contributed by atoms with Crippen LogP contribution in [0.25, 0.3) is 0 Å². The van der Waals surface area contributed by atoms with Crippen LogP contribution in [0.4, 0.5) is 0 Å². The van der Waals surface area contributed by atoms with Gasteiger partial charge in [0.15, 0.2) is 0 Å². The van der Waals surface area contributed by atoms with Gasteiger partial charge >= 0.3 is 0 Å². The number of nitrogens with one attached hydrogen (secondary N) is 2. The van der Waals surface area contributed by atoms with Crippen molar-refractivity contribution in [2.24, 2.45) is 5.92 Å². The van der Waals surface area contributed by atoms with Crippen molar-refractivity contribution < 1.29 is 0 Å². The highest BCUT2D eigenvalue weighted by atomic mass is 127. The Bertz CT molecular complexity index is 100. The zero-order chi connectivity index (χ0) is 8.10. The molecule has 0 aromatic carbocycles. The molecule has 0 bridgehead atoms. The lowest BCUT2D eigenvalue weighted by molar-refractivity contribution is 0.314. The summed E-state index contributed by atoms with van der Waals surface area (Å²) in [7, 11) is 2.04. The van der Waals surface area contributed by atoms with Crippen LogP contribution in [-0.4, -0.2) is 19.6 Å². The second-order valence-corrected chi connectivity index (χ2v) is 4.01. The Hall–Kier alpha value is 0.650. The molecule has 0 unspecified atom stereocenters. The van der Waals surface area contributed by atoms with Crippen molar-refractivity contribution in [1.29, 1.82) is 0 Å². The lowest BCUT2D eigenvalue weighted by Gasteiger charge is -2.27. The quantitative estimate of drug-likeness (QED) is 0.601. The van der Waals surface area contributed by atoms with E-state index in [2.05, 4.69) is 31.7 Å². The summed E-state index contributed by atoms with van der Waals surface area (Å²) in [4.78, 5) is 0. The van der Waals surface area contributed by atoms with Crippen LogP contribution in [0.5, 0.6) is 0 Å². The number of hydrogen-bond donors (Lipinski definition) is 2. The van der Waals surface area contributed by atoms with Crippen molar-refractivity contribution in [3.8, 4) is 0 Å². The molecule has 0 saturated heterocycles. The molecule has 3 heteroatoms. The first kappa shape index (κ1) is 9.74. The smallest absolute Gasteiger partial charge is 0.0172 e. The van der Waals surface area contributed by atoms with Gasteiger partial charge in [0.25, 0.3) is 0 Å². The van der Waals surface area contributed by atoms with E-state index in [0.29, 0.717) is 0 Å². The van der Waals surface area contributed by atoms with Gasteiger partial charge in [0.1, 0.15) is 0 Å². The van der Waals surface area contributed by atoms with Gasteiger partial charge in [-0.05, 0) is 45.2 Å². The Morgan fingerprint density at radius 2 is 1.91 bits per heavy atom. The molecule has 1 aliphatic carbocycles. The van der Waals surface area contributed by atoms with E-state index in [1.54, 1.807) is 0 Å². The Balaban J connectivity index is 2.14. The fraction of sp³-hybridized carbons (Fsp3) is 1.00. The van der Waals surface area contributed by atoms with Crippen LogP contribution in [0.2, 0.25) is 0 Å². The van der Waals surface area contributed by atoms with E-state index in [1.165, 1.54) is 32.2 Å². The van der Waals surface area contributed by atoms with Crippen molar-refractivity contribution >= 4 is 22.9 Å². The Labute approximate surface area is 83.0 Å².